The third-order valence-corrected chi connectivity index (χ3v) is 4.59. The molecule has 0 aliphatic carbocycles. The summed E-state index contributed by atoms with van der Waals surface area (Å²) in [5.74, 6) is 0. The lowest BCUT2D eigenvalue weighted by molar-refractivity contribution is 1.32. The number of nitrogens with zero attached hydrogens (tertiary/aromatic N) is 2. The molecule has 0 aliphatic heterocycles. The molecule has 2 aromatic carbocycles. The Morgan fingerprint density at radius 3 is 0.967 bits per heavy atom. The van der Waals surface area contributed by atoms with E-state index in [2.05, 4.69) is 9.97 Å². The highest BCUT2D eigenvalue weighted by Crippen LogP contribution is 2.13. The van der Waals surface area contributed by atoms with Crippen molar-refractivity contribution in [2.75, 3.05) is 0 Å². The van der Waals surface area contributed by atoms with Gasteiger partial charge in [0.1, 0.15) is 0 Å². The lowest BCUT2D eigenvalue weighted by Crippen LogP contribution is -1.73. The highest BCUT2D eigenvalue weighted by atomic mass is 35.5. The topological polar surface area (TPSA) is 25.8 Å². The minimum absolute atomic E-state index is 0.760. The van der Waals surface area contributed by atoms with Crippen LogP contribution in [-0.2, 0) is 0 Å². The van der Waals surface area contributed by atoms with Crippen molar-refractivity contribution in [1.82, 2.24) is 9.97 Å². The molecule has 2 heterocycles. The van der Waals surface area contributed by atoms with Crippen molar-refractivity contribution in [2.24, 2.45) is 0 Å². The van der Waals surface area contributed by atoms with Crippen LogP contribution < -0.4 is 0 Å². The molecule has 2 nitrogen and oxygen atoms in total. The zero-order chi connectivity index (χ0) is 21.0. The van der Waals surface area contributed by atoms with Crippen molar-refractivity contribution in [2.45, 2.75) is 0 Å². The van der Waals surface area contributed by atoms with E-state index in [1.165, 1.54) is 0 Å². The van der Waals surface area contributed by atoms with E-state index in [0.717, 1.165) is 32.3 Å². The van der Waals surface area contributed by atoms with Crippen LogP contribution in [0.5, 0.6) is 0 Å². The van der Waals surface area contributed by atoms with Crippen LogP contribution in [0, 0.1) is 0 Å². The minimum atomic E-state index is 0.760. The number of rotatable bonds is 4. The van der Waals surface area contributed by atoms with Gasteiger partial charge in [0.25, 0.3) is 0 Å². The van der Waals surface area contributed by atoms with Gasteiger partial charge in [-0.05, 0) is 70.8 Å². The van der Waals surface area contributed by atoms with E-state index in [0.29, 0.717) is 0 Å². The monoisotopic (exact) mass is 430 g/mol. The molecule has 0 atom stereocenters. The second-order valence-electron chi connectivity index (χ2n) is 6.33. The molecule has 30 heavy (non-hydrogen) atoms. The number of hydrogen-bond acceptors (Lipinski definition) is 2. The van der Waals surface area contributed by atoms with Crippen LogP contribution >= 0.6 is 23.2 Å². The summed E-state index contributed by atoms with van der Waals surface area (Å²) in [7, 11) is 0. The summed E-state index contributed by atoms with van der Waals surface area (Å²) < 4.78 is 0. The van der Waals surface area contributed by atoms with E-state index in [9.17, 15) is 0 Å². The number of pyridine rings is 2. The molecule has 0 saturated heterocycles. The van der Waals surface area contributed by atoms with Gasteiger partial charge in [-0.2, -0.15) is 0 Å². The molecule has 0 unspecified atom stereocenters. The van der Waals surface area contributed by atoms with Gasteiger partial charge in [-0.25, -0.2) is 0 Å². The van der Waals surface area contributed by atoms with Crippen LogP contribution in [0.25, 0.3) is 24.3 Å². The maximum absolute atomic E-state index is 5.80. The largest absolute Gasteiger partial charge is 0.265 e. The molecule has 4 aromatic rings. The van der Waals surface area contributed by atoms with E-state index < -0.39 is 0 Å². The molecule has 0 bridgehead atoms. The molecule has 2 aromatic heterocycles. The summed E-state index contributed by atoms with van der Waals surface area (Å²) >= 11 is 11.6. The van der Waals surface area contributed by atoms with Gasteiger partial charge in [-0.3, -0.25) is 9.97 Å². The standard InChI is InChI=1S/2C13H10ClN/c2*14-13-5-3-11(4-6-13)1-2-12-7-9-15-10-8-12/h2*1-10H/b2*2-1+. The second kappa shape index (κ2) is 11.7. The number of benzene rings is 2. The fraction of sp³-hybridized carbons (Fsp3) is 0. The summed E-state index contributed by atoms with van der Waals surface area (Å²) in [6.45, 7) is 0. The normalized spacial score (nSPS) is 10.7. The van der Waals surface area contributed by atoms with Crippen LogP contribution in [-0.4, -0.2) is 9.97 Å². The summed E-state index contributed by atoms with van der Waals surface area (Å²) in [5, 5.41) is 1.52. The third-order valence-electron chi connectivity index (χ3n) is 4.09. The Bertz CT molecular complexity index is 982. The molecule has 0 spiro atoms. The van der Waals surface area contributed by atoms with Gasteiger partial charge < -0.3 is 0 Å². The number of halogens is 2. The third kappa shape index (κ3) is 7.67. The van der Waals surface area contributed by atoms with E-state index in [4.69, 9.17) is 23.2 Å². The average Bonchev–Trinajstić information content (AvgIpc) is 2.80. The first kappa shape index (κ1) is 21.5. The van der Waals surface area contributed by atoms with Crippen molar-refractivity contribution >= 4 is 47.5 Å². The van der Waals surface area contributed by atoms with Gasteiger partial charge >= 0.3 is 0 Å². The maximum atomic E-state index is 5.80. The summed E-state index contributed by atoms with van der Waals surface area (Å²) in [6, 6.07) is 23.3. The number of aromatic nitrogens is 2. The van der Waals surface area contributed by atoms with E-state index in [1.54, 1.807) is 24.8 Å². The quantitative estimate of drug-likeness (QED) is 0.329. The van der Waals surface area contributed by atoms with Crippen molar-refractivity contribution in [3.05, 3.63) is 130 Å². The molecule has 148 valence electrons. The zero-order valence-corrected chi connectivity index (χ0v) is 17.7. The Morgan fingerprint density at radius 1 is 0.400 bits per heavy atom. The Kier molecular flexibility index (Phi) is 8.40. The molecule has 0 aliphatic rings. The second-order valence-corrected chi connectivity index (χ2v) is 7.20. The van der Waals surface area contributed by atoms with E-state index in [1.807, 2.05) is 97.1 Å². The van der Waals surface area contributed by atoms with Crippen LogP contribution in [0.1, 0.15) is 22.3 Å². The fourth-order valence-corrected chi connectivity index (χ4v) is 2.73. The van der Waals surface area contributed by atoms with Gasteiger partial charge in [0.05, 0.1) is 0 Å². The fourth-order valence-electron chi connectivity index (χ4n) is 2.48. The van der Waals surface area contributed by atoms with Crippen molar-refractivity contribution in [3.8, 4) is 0 Å². The van der Waals surface area contributed by atoms with E-state index >= 15 is 0 Å². The molecule has 4 rings (SSSR count). The van der Waals surface area contributed by atoms with Crippen LogP contribution in [0.4, 0.5) is 0 Å². The summed E-state index contributed by atoms with van der Waals surface area (Å²) in [4.78, 5) is 7.92. The summed E-state index contributed by atoms with van der Waals surface area (Å²) in [6.07, 6.45) is 15.3. The zero-order valence-electron chi connectivity index (χ0n) is 16.2. The van der Waals surface area contributed by atoms with Crippen molar-refractivity contribution in [1.29, 1.82) is 0 Å². The Balaban J connectivity index is 0.000000171. The predicted octanol–water partition coefficient (Wildman–Crippen LogP) is 7.81. The van der Waals surface area contributed by atoms with Gasteiger partial charge in [0.2, 0.25) is 0 Å². The average molecular weight is 431 g/mol. The summed E-state index contributed by atoms with van der Waals surface area (Å²) in [5.41, 5.74) is 4.55. The van der Waals surface area contributed by atoms with Gasteiger partial charge in [0, 0.05) is 34.8 Å². The first-order chi connectivity index (χ1) is 14.7. The number of hydrogen-bond donors (Lipinski definition) is 0. The Labute approximate surface area is 187 Å². The highest BCUT2D eigenvalue weighted by Gasteiger charge is 1.89. The smallest absolute Gasteiger partial charge is 0.0406 e. The van der Waals surface area contributed by atoms with Gasteiger partial charge in [-0.15, -0.1) is 0 Å². The van der Waals surface area contributed by atoms with Gasteiger partial charge in [-0.1, -0.05) is 71.8 Å². The molecular weight excluding hydrogens is 411 g/mol. The minimum Gasteiger partial charge on any atom is -0.265 e. The molecule has 0 radical (unpaired) electrons. The first-order valence-corrected chi connectivity index (χ1v) is 10.1. The molecule has 0 N–H and O–H groups in total. The molecular formula is C26H20Cl2N2. The highest BCUT2D eigenvalue weighted by molar-refractivity contribution is 6.30. The van der Waals surface area contributed by atoms with E-state index in [-0.39, 0.29) is 0 Å². The Morgan fingerprint density at radius 2 is 0.667 bits per heavy atom. The first-order valence-electron chi connectivity index (χ1n) is 9.36. The van der Waals surface area contributed by atoms with Gasteiger partial charge in [0.15, 0.2) is 0 Å². The Hall–Kier alpha value is -3.20. The molecule has 4 heteroatoms. The van der Waals surface area contributed by atoms with Crippen molar-refractivity contribution < 1.29 is 0 Å². The van der Waals surface area contributed by atoms with Crippen LogP contribution in [0.15, 0.2) is 97.6 Å². The van der Waals surface area contributed by atoms with Crippen LogP contribution in [0.2, 0.25) is 10.0 Å². The van der Waals surface area contributed by atoms with Crippen molar-refractivity contribution in [3.63, 3.8) is 0 Å². The maximum Gasteiger partial charge on any atom is 0.0406 e. The lowest BCUT2D eigenvalue weighted by atomic mass is 10.1. The predicted molar refractivity (Wildman–Crippen MR) is 129 cm³/mol. The van der Waals surface area contributed by atoms with Crippen LogP contribution in [0.3, 0.4) is 0 Å². The molecule has 0 fully saturated rings. The lowest BCUT2D eigenvalue weighted by Gasteiger charge is -1.94. The molecule has 0 saturated carbocycles. The SMILES string of the molecule is Clc1ccc(/C=C/c2ccncc2)cc1.Clc1ccc(/C=C/c2ccncc2)cc1. The molecule has 0 amide bonds.